The molecule has 5 aromatic heterocycles. The first-order chi connectivity index (χ1) is 25.8. The van der Waals surface area contributed by atoms with Crippen molar-refractivity contribution in [2.24, 2.45) is 0 Å². The molecule has 0 saturated heterocycles. The molecular formula is C46H26N6. The van der Waals surface area contributed by atoms with Crippen molar-refractivity contribution in [2.45, 2.75) is 0 Å². The summed E-state index contributed by atoms with van der Waals surface area (Å²) in [7, 11) is 0. The third-order valence-electron chi connectivity index (χ3n) is 11.2. The summed E-state index contributed by atoms with van der Waals surface area (Å²) in [4.78, 5) is 10.6. The number of para-hydroxylation sites is 2. The van der Waals surface area contributed by atoms with Gasteiger partial charge in [0.2, 0.25) is 11.6 Å². The van der Waals surface area contributed by atoms with Crippen LogP contribution in [-0.2, 0) is 0 Å². The second kappa shape index (κ2) is 9.33. The molecule has 0 saturated carbocycles. The van der Waals surface area contributed by atoms with Gasteiger partial charge in [-0.05, 0) is 93.3 Å². The molecule has 6 nitrogen and oxygen atoms in total. The summed E-state index contributed by atoms with van der Waals surface area (Å²) in [6, 6.07) is 57.1. The summed E-state index contributed by atoms with van der Waals surface area (Å²) in [5, 5.41) is 7.30. The Labute approximate surface area is 295 Å². The van der Waals surface area contributed by atoms with Gasteiger partial charge in [0.15, 0.2) is 0 Å². The van der Waals surface area contributed by atoms with Gasteiger partial charge in [-0.15, -0.1) is 0 Å². The number of benzene rings is 8. The summed E-state index contributed by atoms with van der Waals surface area (Å²) in [5.74, 6) is 1.75. The molecule has 0 atom stereocenters. The van der Waals surface area contributed by atoms with Crippen molar-refractivity contribution in [3.63, 3.8) is 0 Å². The fourth-order valence-electron chi connectivity index (χ4n) is 8.91. The molecule has 5 heterocycles. The molecular weight excluding hydrogens is 637 g/mol. The maximum absolute atomic E-state index is 5.29. The van der Waals surface area contributed by atoms with Gasteiger partial charge >= 0.3 is 0 Å². The van der Waals surface area contributed by atoms with Crippen LogP contribution in [-0.4, -0.2) is 27.7 Å². The summed E-state index contributed by atoms with van der Waals surface area (Å²) >= 11 is 0. The van der Waals surface area contributed by atoms with E-state index in [9.17, 15) is 0 Å². The lowest BCUT2D eigenvalue weighted by Crippen LogP contribution is -1.93. The van der Waals surface area contributed by atoms with Gasteiger partial charge in [0.25, 0.3) is 0 Å². The van der Waals surface area contributed by atoms with Crippen LogP contribution < -0.4 is 0 Å². The van der Waals surface area contributed by atoms with Crippen molar-refractivity contribution in [2.75, 3.05) is 0 Å². The largest absolute Gasteiger partial charge is 0.309 e. The van der Waals surface area contributed by atoms with Crippen LogP contribution in [0.3, 0.4) is 0 Å². The number of aromatic nitrogens is 6. The zero-order chi connectivity index (χ0) is 33.7. The summed E-state index contributed by atoms with van der Waals surface area (Å²) in [6.07, 6.45) is 0. The number of rotatable bonds is 2. The van der Waals surface area contributed by atoms with Gasteiger partial charge in [0.1, 0.15) is 5.52 Å². The second-order valence-corrected chi connectivity index (χ2v) is 14.0. The van der Waals surface area contributed by atoms with Gasteiger partial charge in [-0.3, -0.25) is 8.80 Å². The normalized spacial score (nSPS) is 12.6. The van der Waals surface area contributed by atoms with Crippen LogP contribution in [0.5, 0.6) is 0 Å². The Morgan fingerprint density at radius 2 is 0.808 bits per heavy atom. The Hall–Kier alpha value is -7.18. The molecule has 6 heteroatoms. The zero-order valence-electron chi connectivity index (χ0n) is 27.7. The van der Waals surface area contributed by atoms with Crippen LogP contribution in [0, 0.1) is 0 Å². The Kier molecular flexibility index (Phi) is 4.78. The number of imidazole rings is 4. The Morgan fingerprint density at radius 3 is 1.33 bits per heavy atom. The highest BCUT2D eigenvalue weighted by Gasteiger charge is 2.25. The molecule has 0 aliphatic carbocycles. The molecule has 240 valence electrons. The predicted octanol–water partition coefficient (Wildman–Crippen LogP) is 11.2. The van der Waals surface area contributed by atoms with Gasteiger partial charge in [-0.1, -0.05) is 97.1 Å². The molecule has 13 rings (SSSR count). The van der Waals surface area contributed by atoms with Gasteiger partial charge < -0.3 is 4.57 Å². The maximum Gasteiger partial charge on any atom is 0.223 e. The predicted molar refractivity (Wildman–Crippen MR) is 213 cm³/mol. The van der Waals surface area contributed by atoms with E-state index in [0.717, 1.165) is 67.0 Å². The SMILES string of the molecule is c1ccc2cc3c(cc2c1)nc1n3c2cc(-c3ccc(-n4c5ccccc5c5ccccc54)cc3)cc3c2n1c1nc2cc4ccccc4cc2n31. The van der Waals surface area contributed by atoms with E-state index >= 15 is 0 Å². The molecule has 0 aliphatic heterocycles. The number of hydrogen-bond acceptors (Lipinski definition) is 2. The lowest BCUT2D eigenvalue weighted by Gasteiger charge is -2.10. The highest BCUT2D eigenvalue weighted by atomic mass is 15.3. The van der Waals surface area contributed by atoms with Crippen LogP contribution in [0.4, 0.5) is 0 Å². The minimum absolute atomic E-state index is 0.874. The molecule has 0 aliphatic rings. The molecule has 0 bridgehead atoms. The molecule has 13 aromatic rings. The molecule has 0 N–H and O–H groups in total. The van der Waals surface area contributed by atoms with Crippen LogP contribution in [0.15, 0.2) is 158 Å². The number of hydrogen-bond donors (Lipinski definition) is 0. The van der Waals surface area contributed by atoms with Gasteiger partial charge in [0, 0.05) is 16.5 Å². The maximum atomic E-state index is 5.29. The van der Waals surface area contributed by atoms with Crippen LogP contribution in [0.2, 0.25) is 0 Å². The summed E-state index contributed by atoms with van der Waals surface area (Å²) in [5.41, 5.74) is 13.4. The standard InChI is InChI=1S/C46H26N6/c1-3-11-30-23-40-36(21-28(30)9-1)47-45-50(40)42-25-32(26-43-44(42)52(45)46-48-37-22-29-10-2-4-12-31(29)24-41(37)51(43)46)27-17-19-33(20-18-27)49-38-15-7-5-13-34(38)35-14-6-8-16-39(35)49/h1-26H. The van der Waals surface area contributed by atoms with E-state index in [1.807, 2.05) is 0 Å². The highest BCUT2D eigenvalue weighted by Crippen LogP contribution is 2.39. The van der Waals surface area contributed by atoms with E-state index in [1.165, 1.54) is 43.4 Å². The van der Waals surface area contributed by atoms with Crippen molar-refractivity contribution in [3.05, 3.63) is 158 Å². The third kappa shape index (κ3) is 3.29. The minimum Gasteiger partial charge on any atom is -0.309 e. The number of nitrogens with zero attached hydrogens (tertiary/aromatic N) is 6. The topological polar surface area (TPSA) is 43.9 Å². The molecule has 0 amide bonds. The first-order valence-corrected chi connectivity index (χ1v) is 17.7. The first-order valence-electron chi connectivity index (χ1n) is 17.7. The zero-order valence-corrected chi connectivity index (χ0v) is 27.7. The Morgan fingerprint density at radius 1 is 0.346 bits per heavy atom. The Balaban J connectivity index is 1.11. The lowest BCUT2D eigenvalue weighted by molar-refractivity contribution is 1.15. The van der Waals surface area contributed by atoms with Crippen LogP contribution in [0.1, 0.15) is 0 Å². The van der Waals surface area contributed by atoms with E-state index in [0.29, 0.717) is 0 Å². The highest BCUT2D eigenvalue weighted by molar-refractivity contribution is 6.10. The van der Waals surface area contributed by atoms with E-state index in [2.05, 4.69) is 175 Å². The average molecular weight is 663 g/mol. The van der Waals surface area contributed by atoms with E-state index in [-0.39, 0.29) is 0 Å². The summed E-state index contributed by atoms with van der Waals surface area (Å²) in [6.45, 7) is 0. The van der Waals surface area contributed by atoms with Gasteiger partial charge in [0.05, 0.1) is 44.1 Å². The van der Waals surface area contributed by atoms with Crippen molar-refractivity contribution < 1.29 is 0 Å². The van der Waals surface area contributed by atoms with Crippen molar-refractivity contribution >= 4 is 93.5 Å². The quantitative estimate of drug-likeness (QED) is 0.185. The average Bonchev–Trinajstić information content (AvgIpc) is 3.98. The van der Waals surface area contributed by atoms with Crippen LogP contribution in [0.25, 0.3) is 110 Å². The molecule has 0 spiro atoms. The van der Waals surface area contributed by atoms with E-state index in [4.69, 9.17) is 9.97 Å². The molecule has 0 unspecified atom stereocenters. The van der Waals surface area contributed by atoms with Crippen molar-refractivity contribution in [3.8, 4) is 16.8 Å². The monoisotopic (exact) mass is 662 g/mol. The van der Waals surface area contributed by atoms with Crippen molar-refractivity contribution in [1.29, 1.82) is 0 Å². The van der Waals surface area contributed by atoms with Gasteiger partial charge in [-0.2, -0.15) is 0 Å². The fraction of sp³-hybridized carbons (Fsp3) is 0. The first kappa shape index (κ1) is 26.7. The molecule has 52 heavy (non-hydrogen) atoms. The van der Waals surface area contributed by atoms with Crippen LogP contribution >= 0.6 is 0 Å². The van der Waals surface area contributed by atoms with Crippen molar-refractivity contribution in [1.82, 2.24) is 27.7 Å². The Bertz CT molecular complexity index is 3420. The smallest absolute Gasteiger partial charge is 0.223 e. The third-order valence-corrected chi connectivity index (χ3v) is 11.2. The summed E-state index contributed by atoms with van der Waals surface area (Å²) < 4.78 is 9.29. The minimum atomic E-state index is 0.874. The molecule has 0 radical (unpaired) electrons. The molecule has 0 fully saturated rings. The fourth-order valence-corrected chi connectivity index (χ4v) is 8.91. The van der Waals surface area contributed by atoms with E-state index < -0.39 is 0 Å². The van der Waals surface area contributed by atoms with E-state index in [1.54, 1.807) is 0 Å². The molecule has 8 aromatic carbocycles. The second-order valence-electron chi connectivity index (χ2n) is 14.0. The lowest BCUT2D eigenvalue weighted by atomic mass is 10.0. The number of fused-ring (bicyclic) bond motifs is 15. The van der Waals surface area contributed by atoms with Gasteiger partial charge in [-0.25, -0.2) is 14.4 Å².